The second-order valence-electron chi connectivity index (χ2n) is 3.40. The van der Waals surface area contributed by atoms with Crippen LogP contribution in [0.25, 0.3) is 6.08 Å². The highest BCUT2D eigenvalue weighted by Gasteiger charge is 1.89. The second kappa shape index (κ2) is 4.83. The SMILES string of the molecule is Cc1ccc(/C=C/CC(C)O)cc1. The van der Waals surface area contributed by atoms with Crippen LogP contribution in [-0.4, -0.2) is 11.2 Å². The molecule has 1 rings (SSSR count). The summed E-state index contributed by atoms with van der Waals surface area (Å²) >= 11 is 0. The van der Waals surface area contributed by atoms with Crippen molar-refractivity contribution >= 4 is 6.08 Å². The zero-order chi connectivity index (χ0) is 9.68. The van der Waals surface area contributed by atoms with Crippen LogP contribution >= 0.6 is 0 Å². The maximum Gasteiger partial charge on any atom is 0.0546 e. The Morgan fingerprint density at radius 3 is 2.46 bits per heavy atom. The maximum absolute atomic E-state index is 9.02. The Morgan fingerprint density at radius 1 is 1.31 bits per heavy atom. The van der Waals surface area contributed by atoms with E-state index >= 15 is 0 Å². The number of hydrogen-bond acceptors (Lipinski definition) is 1. The molecular formula is C12H16O. The average molecular weight is 176 g/mol. The molecule has 0 saturated heterocycles. The molecule has 1 heteroatoms. The van der Waals surface area contributed by atoms with Gasteiger partial charge in [0.15, 0.2) is 0 Å². The Balaban J connectivity index is 2.54. The summed E-state index contributed by atoms with van der Waals surface area (Å²) in [6.45, 7) is 3.86. The standard InChI is InChI=1S/C12H16O/c1-10-6-8-12(9-7-10)5-3-4-11(2)13/h3,5-9,11,13H,4H2,1-2H3/b5-3+. The van der Waals surface area contributed by atoms with Crippen molar-refractivity contribution in [1.82, 2.24) is 0 Å². The smallest absolute Gasteiger partial charge is 0.0546 e. The van der Waals surface area contributed by atoms with Crippen LogP contribution in [0.3, 0.4) is 0 Å². The third-order valence-electron chi connectivity index (χ3n) is 1.86. The molecular weight excluding hydrogens is 160 g/mol. The first-order chi connectivity index (χ1) is 6.18. The van der Waals surface area contributed by atoms with Crippen molar-refractivity contribution < 1.29 is 5.11 Å². The van der Waals surface area contributed by atoms with Crippen LogP contribution in [0.15, 0.2) is 30.3 Å². The van der Waals surface area contributed by atoms with Gasteiger partial charge in [0.1, 0.15) is 0 Å². The third-order valence-corrected chi connectivity index (χ3v) is 1.86. The van der Waals surface area contributed by atoms with E-state index in [9.17, 15) is 0 Å². The molecule has 1 aromatic rings. The molecule has 0 bridgehead atoms. The van der Waals surface area contributed by atoms with Gasteiger partial charge in [0.05, 0.1) is 6.10 Å². The Morgan fingerprint density at radius 2 is 1.92 bits per heavy atom. The van der Waals surface area contributed by atoms with Gasteiger partial charge in [-0.05, 0) is 25.8 Å². The summed E-state index contributed by atoms with van der Waals surface area (Å²) in [5.74, 6) is 0. The number of aliphatic hydroxyl groups is 1. The first-order valence-corrected chi connectivity index (χ1v) is 4.60. The molecule has 0 aliphatic carbocycles. The Bertz CT molecular complexity index is 270. The van der Waals surface area contributed by atoms with Gasteiger partial charge in [-0.1, -0.05) is 42.0 Å². The number of benzene rings is 1. The number of aliphatic hydroxyl groups excluding tert-OH is 1. The van der Waals surface area contributed by atoms with Crippen molar-refractivity contribution in [2.45, 2.75) is 26.4 Å². The molecule has 0 radical (unpaired) electrons. The summed E-state index contributed by atoms with van der Waals surface area (Å²) in [6, 6.07) is 8.33. The van der Waals surface area contributed by atoms with E-state index in [1.807, 2.05) is 12.2 Å². The summed E-state index contributed by atoms with van der Waals surface area (Å²) in [4.78, 5) is 0. The van der Waals surface area contributed by atoms with Crippen LogP contribution in [0.5, 0.6) is 0 Å². The van der Waals surface area contributed by atoms with E-state index in [0.29, 0.717) is 6.42 Å². The van der Waals surface area contributed by atoms with E-state index < -0.39 is 0 Å². The lowest BCUT2D eigenvalue weighted by Gasteiger charge is -1.97. The topological polar surface area (TPSA) is 20.2 Å². The molecule has 0 fully saturated rings. The molecule has 0 saturated carbocycles. The predicted octanol–water partition coefficient (Wildman–Crippen LogP) is 2.78. The number of aryl methyl sites for hydroxylation is 1. The first kappa shape index (κ1) is 10.0. The van der Waals surface area contributed by atoms with Gasteiger partial charge in [0.2, 0.25) is 0 Å². The molecule has 70 valence electrons. The fourth-order valence-electron chi connectivity index (χ4n) is 1.08. The molecule has 0 spiro atoms. The van der Waals surface area contributed by atoms with Crippen LogP contribution in [0, 0.1) is 6.92 Å². The van der Waals surface area contributed by atoms with Gasteiger partial charge in [0.25, 0.3) is 0 Å². The van der Waals surface area contributed by atoms with Gasteiger partial charge in [-0.3, -0.25) is 0 Å². The van der Waals surface area contributed by atoms with Crippen molar-refractivity contribution in [3.63, 3.8) is 0 Å². The Labute approximate surface area is 79.7 Å². The predicted molar refractivity (Wildman–Crippen MR) is 56.5 cm³/mol. The molecule has 1 N–H and O–H groups in total. The quantitative estimate of drug-likeness (QED) is 0.750. The highest BCUT2D eigenvalue weighted by Crippen LogP contribution is 2.05. The summed E-state index contributed by atoms with van der Waals surface area (Å²) in [7, 11) is 0. The van der Waals surface area contributed by atoms with Crippen LogP contribution in [0.2, 0.25) is 0 Å². The highest BCUT2D eigenvalue weighted by molar-refractivity contribution is 5.49. The van der Waals surface area contributed by atoms with Gasteiger partial charge >= 0.3 is 0 Å². The van der Waals surface area contributed by atoms with E-state index in [2.05, 4.69) is 31.2 Å². The minimum Gasteiger partial charge on any atom is -0.393 e. The van der Waals surface area contributed by atoms with Crippen molar-refractivity contribution in [1.29, 1.82) is 0 Å². The zero-order valence-electron chi connectivity index (χ0n) is 8.20. The summed E-state index contributed by atoms with van der Waals surface area (Å²) < 4.78 is 0. The van der Waals surface area contributed by atoms with Crippen molar-refractivity contribution in [2.24, 2.45) is 0 Å². The zero-order valence-corrected chi connectivity index (χ0v) is 8.20. The Hall–Kier alpha value is -1.08. The fraction of sp³-hybridized carbons (Fsp3) is 0.333. The lowest BCUT2D eigenvalue weighted by molar-refractivity contribution is 0.199. The van der Waals surface area contributed by atoms with Crippen LogP contribution in [0.1, 0.15) is 24.5 Å². The monoisotopic (exact) mass is 176 g/mol. The van der Waals surface area contributed by atoms with Gasteiger partial charge in [-0.25, -0.2) is 0 Å². The van der Waals surface area contributed by atoms with Crippen molar-refractivity contribution in [3.05, 3.63) is 41.5 Å². The molecule has 1 nitrogen and oxygen atoms in total. The van der Waals surface area contributed by atoms with Crippen LogP contribution < -0.4 is 0 Å². The Kier molecular flexibility index (Phi) is 3.71. The normalized spacial score (nSPS) is 13.5. The van der Waals surface area contributed by atoms with E-state index in [1.165, 1.54) is 11.1 Å². The molecule has 0 heterocycles. The van der Waals surface area contributed by atoms with Gasteiger partial charge in [-0.15, -0.1) is 0 Å². The number of rotatable bonds is 3. The average Bonchev–Trinajstić information content (AvgIpc) is 2.08. The van der Waals surface area contributed by atoms with E-state index in [4.69, 9.17) is 5.11 Å². The van der Waals surface area contributed by atoms with Crippen molar-refractivity contribution in [3.8, 4) is 0 Å². The lowest BCUT2D eigenvalue weighted by Crippen LogP contribution is -1.95. The van der Waals surface area contributed by atoms with Gasteiger partial charge in [-0.2, -0.15) is 0 Å². The van der Waals surface area contributed by atoms with E-state index in [1.54, 1.807) is 6.92 Å². The minimum atomic E-state index is -0.248. The highest BCUT2D eigenvalue weighted by atomic mass is 16.3. The molecule has 0 aromatic heterocycles. The molecule has 0 aliphatic heterocycles. The summed E-state index contributed by atoms with van der Waals surface area (Å²) in [5, 5.41) is 9.02. The third kappa shape index (κ3) is 3.90. The van der Waals surface area contributed by atoms with Crippen LogP contribution in [0.4, 0.5) is 0 Å². The van der Waals surface area contributed by atoms with Crippen LogP contribution in [-0.2, 0) is 0 Å². The number of hydrogen-bond donors (Lipinski definition) is 1. The molecule has 1 unspecified atom stereocenters. The lowest BCUT2D eigenvalue weighted by atomic mass is 10.1. The summed E-state index contributed by atoms with van der Waals surface area (Å²) in [6.07, 6.45) is 4.50. The van der Waals surface area contributed by atoms with Gasteiger partial charge < -0.3 is 5.11 Å². The molecule has 1 aromatic carbocycles. The van der Waals surface area contributed by atoms with Crippen molar-refractivity contribution in [2.75, 3.05) is 0 Å². The second-order valence-corrected chi connectivity index (χ2v) is 3.40. The fourth-order valence-corrected chi connectivity index (χ4v) is 1.08. The summed E-state index contributed by atoms with van der Waals surface area (Å²) in [5.41, 5.74) is 2.46. The maximum atomic E-state index is 9.02. The molecule has 13 heavy (non-hydrogen) atoms. The largest absolute Gasteiger partial charge is 0.393 e. The molecule has 0 amide bonds. The minimum absolute atomic E-state index is 0.248. The molecule has 0 aliphatic rings. The van der Waals surface area contributed by atoms with E-state index in [0.717, 1.165) is 0 Å². The molecule has 1 atom stereocenters. The van der Waals surface area contributed by atoms with E-state index in [-0.39, 0.29) is 6.10 Å². The van der Waals surface area contributed by atoms with Gasteiger partial charge in [0, 0.05) is 0 Å². The first-order valence-electron chi connectivity index (χ1n) is 4.60.